The maximum atomic E-state index is 12.6. The van der Waals surface area contributed by atoms with Gasteiger partial charge in [0.25, 0.3) is 5.91 Å². The Morgan fingerprint density at radius 3 is 2.14 bits per heavy atom. The number of benzene rings is 2. The van der Waals surface area contributed by atoms with Crippen molar-refractivity contribution in [1.29, 1.82) is 0 Å². The van der Waals surface area contributed by atoms with E-state index in [2.05, 4.69) is 5.32 Å². The summed E-state index contributed by atoms with van der Waals surface area (Å²) in [5, 5.41) is 2.64. The number of rotatable bonds is 7. The lowest BCUT2D eigenvalue weighted by Gasteiger charge is -2.21. The molecular weight excluding hydrogens is 400 g/mol. The average molecular weight is 425 g/mol. The van der Waals surface area contributed by atoms with Gasteiger partial charge in [-0.15, -0.1) is 0 Å². The summed E-state index contributed by atoms with van der Waals surface area (Å²) >= 11 is 0. The standard InChI is InChI=1S/C19H24N2O5S2/c1-5-27(23,24)17-11-9-16(10-12-17)20-19(22)15-7-6-8-18(13-15)28(25,26)21(4)14(2)3/h6-14H,5H2,1-4H3,(H,20,22). The molecule has 0 aliphatic carbocycles. The Morgan fingerprint density at radius 1 is 1.00 bits per heavy atom. The van der Waals surface area contributed by atoms with Gasteiger partial charge in [0.05, 0.1) is 15.5 Å². The molecule has 0 bridgehead atoms. The highest BCUT2D eigenvalue weighted by molar-refractivity contribution is 7.91. The minimum atomic E-state index is -3.71. The van der Waals surface area contributed by atoms with Gasteiger partial charge in [-0.3, -0.25) is 4.79 Å². The predicted octanol–water partition coefficient (Wildman–Crippen LogP) is 2.76. The second kappa shape index (κ2) is 8.42. The molecule has 0 unspecified atom stereocenters. The van der Waals surface area contributed by atoms with Crippen molar-refractivity contribution < 1.29 is 21.6 Å². The summed E-state index contributed by atoms with van der Waals surface area (Å²) in [5.74, 6) is -0.500. The highest BCUT2D eigenvalue weighted by Gasteiger charge is 2.24. The van der Waals surface area contributed by atoms with E-state index in [1.807, 2.05) is 0 Å². The molecule has 0 radical (unpaired) electrons. The first-order valence-corrected chi connectivity index (χ1v) is 11.8. The third-order valence-electron chi connectivity index (χ3n) is 4.35. The molecule has 1 amide bonds. The van der Waals surface area contributed by atoms with E-state index >= 15 is 0 Å². The van der Waals surface area contributed by atoms with Gasteiger partial charge in [-0.2, -0.15) is 4.31 Å². The second-order valence-corrected chi connectivity index (χ2v) is 10.8. The van der Waals surface area contributed by atoms with Gasteiger partial charge < -0.3 is 5.32 Å². The Morgan fingerprint density at radius 2 is 1.61 bits per heavy atom. The van der Waals surface area contributed by atoms with E-state index in [1.165, 1.54) is 59.9 Å². The molecule has 0 heterocycles. The summed E-state index contributed by atoms with van der Waals surface area (Å²) in [5.41, 5.74) is 0.594. The van der Waals surface area contributed by atoms with Crippen LogP contribution in [0.15, 0.2) is 58.3 Å². The van der Waals surface area contributed by atoms with Crippen LogP contribution in [0.25, 0.3) is 0 Å². The zero-order chi connectivity index (χ0) is 21.1. The Bertz CT molecular complexity index is 1060. The average Bonchev–Trinajstić information content (AvgIpc) is 2.67. The molecular formula is C19H24N2O5S2. The van der Waals surface area contributed by atoms with E-state index in [4.69, 9.17) is 0 Å². The van der Waals surface area contributed by atoms with Gasteiger partial charge in [0.1, 0.15) is 0 Å². The summed E-state index contributed by atoms with van der Waals surface area (Å²) in [7, 11) is -5.54. The maximum absolute atomic E-state index is 12.6. The van der Waals surface area contributed by atoms with Gasteiger partial charge in [-0.1, -0.05) is 13.0 Å². The van der Waals surface area contributed by atoms with E-state index in [1.54, 1.807) is 20.8 Å². The van der Waals surface area contributed by atoms with E-state index in [0.717, 1.165) is 0 Å². The molecule has 2 aromatic rings. The Hall–Kier alpha value is -2.23. The molecule has 0 aliphatic rings. The minimum absolute atomic E-state index is 0.00913. The fourth-order valence-electron chi connectivity index (χ4n) is 2.36. The third kappa shape index (κ3) is 4.78. The van der Waals surface area contributed by atoms with Gasteiger partial charge in [0, 0.05) is 24.3 Å². The normalized spacial score (nSPS) is 12.4. The van der Waals surface area contributed by atoms with Crippen LogP contribution in [0.2, 0.25) is 0 Å². The lowest BCUT2D eigenvalue weighted by molar-refractivity contribution is 0.102. The molecule has 0 spiro atoms. The molecule has 9 heteroatoms. The van der Waals surface area contributed by atoms with Crippen LogP contribution in [-0.2, 0) is 19.9 Å². The van der Waals surface area contributed by atoms with Crippen LogP contribution in [0.5, 0.6) is 0 Å². The topological polar surface area (TPSA) is 101 Å². The van der Waals surface area contributed by atoms with Crippen LogP contribution in [0, 0.1) is 0 Å². The molecule has 152 valence electrons. The first-order valence-electron chi connectivity index (χ1n) is 8.71. The number of carbonyl (C=O) groups is 1. The number of nitrogens with zero attached hydrogens (tertiary/aromatic N) is 1. The van der Waals surface area contributed by atoms with Crippen LogP contribution in [0.1, 0.15) is 31.1 Å². The molecule has 0 aliphatic heterocycles. The van der Waals surface area contributed by atoms with Gasteiger partial charge in [0.15, 0.2) is 9.84 Å². The third-order valence-corrected chi connectivity index (χ3v) is 8.13. The number of amides is 1. The van der Waals surface area contributed by atoms with E-state index in [-0.39, 0.29) is 27.1 Å². The molecule has 2 aromatic carbocycles. The van der Waals surface area contributed by atoms with Crippen LogP contribution in [-0.4, -0.2) is 45.9 Å². The van der Waals surface area contributed by atoms with Crippen molar-refractivity contribution >= 4 is 31.5 Å². The summed E-state index contributed by atoms with van der Waals surface area (Å²) in [6.07, 6.45) is 0. The first kappa shape index (κ1) is 22.1. The van der Waals surface area contributed by atoms with Gasteiger partial charge in [-0.25, -0.2) is 16.8 Å². The number of nitrogens with one attached hydrogen (secondary N) is 1. The Labute approximate surface area is 166 Å². The van der Waals surface area contributed by atoms with Crippen LogP contribution >= 0.6 is 0 Å². The van der Waals surface area contributed by atoms with Crippen molar-refractivity contribution in [3.05, 3.63) is 54.1 Å². The molecule has 2 rings (SSSR count). The highest BCUT2D eigenvalue weighted by atomic mass is 32.2. The Balaban J connectivity index is 2.24. The van der Waals surface area contributed by atoms with Crippen LogP contribution < -0.4 is 5.32 Å². The van der Waals surface area contributed by atoms with Gasteiger partial charge in [0.2, 0.25) is 10.0 Å². The maximum Gasteiger partial charge on any atom is 0.255 e. The smallest absolute Gasteiger partial charge is 0.255 e. The molecule has 0 saturated heterocycles. The van der Waals surface area contributed by atoms with Crippen molar-refractivity contribution in [1.82, 2.24) is 4.31 Å². The van der Waals surface area contributed by atoms with E-state index < -0.39 is 25.8 Å². The van der Waals surface area contributed by atoms with Crippen molar-refractivity contribution in [3.63, 3.8) is 0 Å². The minimum Gasteiger partial charge on any atom is -0.322 e. The summed E-state index contributed by atoms with van der Waals surface area (Å²) < 4.78 is 50.1. The monoisotopic (exact) mass is 424 g/mol. The van der Waals surface area contributed by atoms with Crippen molar-refractivity contribution in [2.75, 3.05) is 18.1 Å². The van der Waals surface area contributed by atoms with E-state index in [0.29, 0.717) is 5.69 Å². The first-order chi connectivity index (χ1) is 13.0. The molecule has 7 nitrogen and oxygen atoms in total. The second-order valence-electron chi connectivity index (χ2n) is 6.52. The lowest BCUT2D eigenvalue weighted by Crippen LogP contribution is -2.33. The molecule has 0 fully saturated rings. The number of anilines is 1. The van der Waals surface area contributed by atoms with Crippen LogP contribution in [0.4, 0.5) is 5.69 Å². The van der Waals surface area contributed by atoms with Gasteiger partial charge in [-0.05, 0) is 56.3 Å². The summed E-state index contributed by atoms with van der Waals surface area (Å²) in [4.78, 5) is 12.7. The molecule has 0 atom stereocenters. The largest absolute Gasteiger partial charge is 0.322 e. The Kier molecular flexibility index (Phi) is 6.63. The van der Waals surface area contributed by atoms with Crippen molar-refractivity contribution in [2.24, 2.45) is 0 Å². The zero-order valence-electron chi connectivity index (χ0n) is 16.2. The van der Waals surface area contributed by atoms with Gasteiger partial charge >= 0.3 is 0 Å². The molecule has 28 heavy (non-hydrogen) atoms. The number of hydrogen-bond donors (Lipinski definition) is 1. The predicted molar refractivity (Wildman–Crippen MR) is 109 cm³/mol. The number of hydrogen-bond acceptors (Lipinski definition) is 5. The summed E-state index contributed by atoms with van der Waals surface area (Å²) in [6.45, 7) is 5.08. The van der Waals surface area contributed by atoms with Crippen LogP contribution in [0.3, 0.4) is 0 Å². The number of sulfonamides is 1. The van der Waals surface area contributed by atoms with Crippen molar-refractivity contribution in [2.45, 2.75) is 36.6 Å². The quantitative estimate of drug-likeness (QED) is 0.737. The fourth-order valence-corrected chi connectivity index (χ4v) is 4.66. The summed E-state index contributed by atoms with van der Waals surface area (Å²) in [6, 6.07) is 11.4. The van der Waals surface area contributed by atoms with Crippen molar-refractivity contribution in [3.8, 4) is 0 Å². The highest BCUT2D eigenvalue weighted by Crippen LogP contribution is 2.20. The molecule has 0 aromatic heterocycles. The molecule has 0 saturated carbocycles. The zero-order valence-corrected chi connectivity index (χ0v) is 17.8. The van der Waals surface area contributed by atoms with E-state index in [9.17, 15) is 21.6 Å². The lowest BCUT2D eigenvalue weighted by atomic mass is 10.2. The number of carbonyl (C=O) groups excluding carboxylic acids is 1. The fraction of sp³-hybridized carbons (Fsp3) is 0.316. The SMILES string of the molecule is CCS(=O)(=O)c1ccc(NC(=O)c2cccc(S(=O)(=O)N(C)C(C)C)c2)cc1. The molecule has 1 N–H and O–H groups in total. The number of sulfone groups is 1.